The maximum atomic E-state index is 13.2. The van der Waals surface area contributed by atoms with E-state index in [1.165, 1.54) is 11.3 Å². The second kappa shape index (κ2) is 9.46. The molecule has 178 valence electrons. The van der Waals surface area contributed by atoms with Gasteiger partial charge in [-0.05, 0) is 74.3 Å². The minimum absolute atomic E-state index is 0.0342. The Morgan fingerprint density at radius 2 is 1.88 bits per heavy atom. The first-order valence-corrected chi connectivity index (χ1v) is 13.9. The van der Waals surface area contributed by atoms with Crippen molar-refractivity contribution in [2.24, 2.45) is 5.92 Å². The number of ether oxygens (including phenoxy) is 1. The Labute approximate surface area is 198 Å². The predicted molar refractivity (Wildman–Crippen MR) is 130 cm³/mol. The number of fused-ring (bicyclic) bond motifs is 1. The van der Waals surface area contributed by atoms with E-state index in [4.69, 9.17) is 4.74 Å². The number of aryl methyl sites for hydroxylation is 2. The molecule has 0 radical (unpaired) electrons. The van der Waals surface area contributed by atoms with Crippen LogP contribution in [0.25, 0.3) is 0 Å². The Hall–Kier alpha value is -2.39. The molecule has 0 spiro atoms. The number of amides is 2. The topological polar surface area (TPSA) is 102 Å². The summed E-state index contributed by atoms with van der Waals surface area (Å²) in [5.74, 6) is 0.559. The minimum atomic E-state index is -3.10. The van der Waals surface area contributed by atoms with Crippen LogP contribution >= 0.6 is 11.3 Å². The second-order valence-corrected chi connectivity index (χ2v) is 12.6. The Morgan fingerprint density at radius 1 is 1.15 bits per heavy atom. The van der Waals surface area contributed by atoms with Gasteiger partial charge in [0.05, 0.1) is 17.1 Å². The third kappa shape index (κ3) is 5.76. The zero-order valence-electron chi connectivity index (χ0n) is 19.2. The summed E-state index contributed by atoms with van der Waals surface area (Å²) < 4.78 is 29.3. The first kappa shape index (κ1) is 23.8. The Kier molecular flexibility index (Phi) is 6.81. The lowest BCUT2D eigenvalue weighted by Crippen LogP contribution is -2.36. The number of hydrogen-bond donors (Lipinski definition) is 2. The second-order valence-electron chi connectivity index (χ2n) is 9.29. The molecule has 2 atom stereocenters. The molecule has 0 bridgehead atoms. The summed E-state index contributed by atoms with van der Waals surface area (Å²) in [7, 11) is -3.10. The SMILES string of the molecule is Cc1cc(C)cc(OCC(=O)Nc2sc3c(c2C(=O)NC2CCS(=O)(=O)C2)CCC(C)C3)c1. The highest BCUT2D eigenvalue weighted by molar-refractivity contribution is 7.91. The van der Waals surface area contributed by atoms with Crippen LogP contribution in [-0.4, -0.2) is 44.4 Å². The van der Waals surface area contributed by atoms with Crippen LogP contribution in [-0.2, 0) is 27.5 Å². The van der Waals surface area contributed by atoms with E-state index in [9.17, 15) is 18.0 Å². The molecule has 7 nitrogen and oxygen atoms in total. The fourth-order valence-electron chi connectivity index (χ4n) is 4.57. The summed E-state index contributed by atoms with van der Waals surface area (Å²) in [6, 6.07) is 5.39. The zero-order valence-corrected chi connectivity index (χ0v) is 20.8. The van der Waals surface area contributed by atoms with Crippen molar-refractivity contribution in [2.45, 2.75) is 52.5 Å². The smallest absolute Gasteiger partial charge is 0.262 e. The van der Waals surface area contributed by atoms with Crippen molar-refractivity contribution < 1.29 is 22.7 Å². The molecule has 9 heteroatoms. The molecule has 2 aliphatic rings. The number of hydrogen-bond acceptors (Lipinski definition) is 6. The quantitative estimate of drug-likeness (QED) is 0.646. The molecule has 4 rings (SSSR count). The van der Waals surface area contributed by atoms with E-state index >= 15 is 0 Å². The van der Waals surface area contributed by atoms with Crippen LogP contribution in [0.3, 0.4) is 0 Å². The van der Waals surface area contributed by atoms with E-state index in [0.717, 1.165) is 40.8 Å². The third-order valence-corrected chi connectivity index (χ3v) is 9.06. The van der Waals surface area contributed by atoms with Gasteiger partial charge in [0.25, 0.3) is 11.8 Å². The van der Waals surface area contributed by atoms with Crippen molar-refractivity contribution >= 4 is 38.0 Å². The molecule has 2 amide bonds. The van der Waals surface area contributed by atoms with Crippen LogP contribution in [0.2, 0.25) is 0 Å². The summed E-state index contributed by atoms with van der Waals surface area (Å²) in [5, 5.41) is 6.28. The van der Waals surface area contributed by atoms with Gasteiger partial charge in [-0.2, -0.15) is 0 Å². The van der Waals surface area contributed by atoms with Crippen LogP contribution in [0.15, 0.2) is 18.2 Å². The maximum absolute atomic E-state index is 13.2. The number of nitrogens with one attached hydrogen (secondary N) is 2. The zero-order chi connectivity index (χ0) is 23.8. The minimum Gasteiger partial charge on any atom is -0.484 e. The molecule has 2 heterocycles. The molecule has 1 aromatic heterocycles. The number of rotatable bonds is 6. The van der Waals surface area contributed by atoms with E-state index in [-0.39, 0.29) is 29.9 Å². The van der Waals surface area contributed by atoms with Gasteiger partial charge in [0, 0.05) is 10.9 Å². The predicted octanol–water partition coefficient (Wildman–Crippen LogP) is 3.42. The lowest BCUT2D eigenvalue weighted by molar-refractivity contribution is -0.118. The Morgan fingerprint density at radius 3 is 2.55 bits per heavy atom. The van der Waals surface area contributed by atoms with Gasteiger partial charge in [-0.25, -0.2) is 8.42 Å². The Bertz CT molecular complexity index is 1170. The maximum Gasteiger partial charge on any atom is 0.262 e. The van der Waals surface area contributed by atoms with Crippen LogP contribution < -0.4 is 15.4 Å². The first-order valence-electron chi connectivity index (χ1n) is 11.3. The highest BCUT2D eigenvalue weighted by atomic mass is 32.2. The molecule has 1 fully saturated rings. The number of anilines is 1. The van der Waals surface area contributed by atoms with Crippen molar-refractivity contribution in [2.75, 3.05) is 23.4 Å². The molecule has 1 aliphatic heterocycles. The number of carbonyl (C=O) groups is 2. The van der Waals surface area contributed by atoms with Gasteiger partial charge in [-0.3, -0.25) is 9.59 Å². The number of thiophene rings is 1. The molecule has 0 saturated carbocycles. The molecule has 1 aromatic carbocycles. The highest BCUT2D eigenvalue weighted by Crippen LogP contribution is 2.39. The van der Waals surface area contributed by atoms with Crippen LogP contribution in [0.1, 0.15) is 51.7 Å². The molecule has 2 unspecified atom stereocenters. The van der Waals surface area contributed by atoms with E-state index in [0.29, 0.717) is 28.7 Å². The van der Waals surface area contributed by atoms with Gasteiger partial charge in [0.2, 0.25) is 0 Å². The molecular weight excluding hydrogens is 460 g/mol. The molecule has 33 heavy (non-hydrogen) atoms. The number of sulfone groups is 1. The fourth-order valence-corrected chi connectivity index (χ4v) is 7.67. The van der Waals surface area contributed by atoms with Gasteiger partial charge >= 0.3 is 0 Å². The van der Waals surface area contributed by atoms with Gasteiger partial charge in [0.15, 0.2) is 16.4 Å². The van der Waals surface area contributed by atoms with Crippen molar-refractivity contribution in [1.29, 1.82) is 0 Å². The molecule has 2 N–H and O–H groups in total. The van der Waals surface area contributed by atoms with Crippen LogP contribution in [0.5, 0.6) is 5.75 Å². The summed E-state index contributed by atoms with van der Waals surface area (Å²) in [6.07, 6.45) is 3.04. The monoisotopic (exact) mass is 490 g/mol. The van der Waals surface area contributed by atoms with E-state index in [1.54, 1.807) is 0 Å². The molecular formula is C24H30N2O5S2. The van der Waals surface area contributed by atoms with Crippen molar-refractivity contribution in [3.05, 3.63) is 45.3 Å². The van der Waals surface area contributed by atoms with Gasteiger partial charge in [-0.1, -0.05) is 13.0 Å². The van der Waals surface area contributed by atoms with Crippen molar-refractivity contribution in [3.63, 3.8) is 0 Å². The number of carbonyl (C=O) groups excluding carboxylic acids is 2. The first-order chi connectivity index (χ1) is 15.6. The number of benzene rings is 1. The summed E-state index contributed by atoms with van der Waals surface area (Å²) in [5.41, 5.74) is 3.56. The summed E-state index contributed by atoms with van der Waals surface area (Å²) in [6.45, 7) is 5.96. The lowest BCUT2D eigenvalue weighted by atomic mass is 9.88. The van der Waals surface area contributed by atoms with Gasteiger partial charge in [-0.15, -0.1) is 11.3 Å². The van der Waals surface area contributed by atoms with Crippen LogP contribution in [0.4, 0.5) is 5.00 Å². The normalized spacial score (nSPS) is 21.3. The lowest BCUT2D eigenvalue weighted by Gasteiger charge is -2.19. The van der Waals surface area contributed by atoms with Crippen molar-refractivity contribution in [3.8, 4) is 5.75 Å². The molecule has 1 aliphatic carbocycles. The van der Waals surface area contributed by atoms with E-state index < -0.39 is 15.9 Å². The highest BCUT2D eigenvalue weighted by Gasteiger charge is 2.33. The average Bonchev–Trinajstić information content (AvgIpc) is 3.23. The molecule has 2 aromatic rings. The standard InChI is InChI=1S/C24H30N2O5S2/c1-14-4-5-19-20(11-14)32-24(22(19)23(28)25-17-6-7-33(29,30)13-17)26-21(27)12-31-18-9-15(2)8-16(3)10-18/h8-10,14,17H,4-7,11-13H2,1-3H3,(H,25,28)(H,26,27). The van der Waals surface area contributed by atoms with Gasteiger partial charge in [0.1, 0.15) is 10.8 Å². The van der Waals surface area contributed by atoms with Gasteiger partial charge < -0.3 is 15.4 Å². The third-order valence-electron chi connectivity index (χ3n) is 6.12. The van der Waals surface area contributed by atoms with E-state index in [1.807, 2.05) is 32.0 Å². The molecule has 1 saturated heterocycles. The summed E-state index contributed by atoms with van der Waals surface area (Å²) in [4.78, 5) is 27.0. The summed E-state index contributed by atoms with van der Waals surface area (Å²) >= 11 is 1.44. The van der Waals surface area contributed by atoms with E-state index in [2.05, 4.69) is 17.6 Å². The largest absolute Gasteiger partial charge is 0.484 e. The van der Waals surface area contributed by atoms with Crippen molar-refractivity contribution in [1.82, 2.24) is 5.32 Å². The Balaban J connectivity index is 1.50. The fraction of sp³-hybridized carbons (Fsp3) is 0.500. The average molecular weight is 491 g/mol. The van der Waals surface area contributed by atoms with Crippen LogP contribution in [0, 0.1) is 19.8 Å².